The Hall–Kier alpha value is 0.310. The van der Waals surface area contributed by atoms with E-state index in [9.17, 15) is 4.79 Å². The van der Waals surface area contributed by atoms with Crippen molar-refractivity contribution in [2.45, 2.75) is 18.9 Å². The zero-order valence-electron chi connectivity index (χ0n) is 8.24. The third kappa shape index (κ3) is 17.0. The lowest BCUT2D eigenvalue weighted by Crippen LogP contribution is -2.45. The van der Waals surface area contributed by atoms with Crippen LogP contribution >= 0.6 is 33.1 Å². The minimum Gasteiger partial charge on any atom is -0.480 e. The Bertz CT molecular complexity index is 284. The van der Waals surface area contributed by atoms with E-state index in [-0.39, 0.29) is 0 Å². The van der Waals surface area contributed by atoms with Gasteiger partial charge in [0, 0.05) is 21.4 Å². The average Bonchev–Trinajstić information content (AvgIpc) is 1.97. The molecule has 0 aliphatic heterocycles. The van der Waals surface area contributed by atoms with Crippen molar-refractivity contribution >= 4 is 47.4 Å². The lowest BCUT2D eigenvalue weighted by molar-refractivity contribution is -0.142. The highest BCUT2D eigenvalue weighted by atomic mass is 36.0. The summed E-state index contributed by atoms with van der Waals surface area (Å²) in [5.74, 6) is -0.138. The van der Waals surface area contributed by atoms with E-state index in [0.717, 1.165) is 5.75 Å². The molecular weight excluding hydrogens is 285 g/mol. The monoisotopic (exact) mass is 297 g/mol. The van der Waals surface area contributed by atoms with Crippen molar-refractivity contribution in [2.75, 3.05) is 12.0 Å². The normalized spacial score (nSPS) is 14.7. The predicted octanol–water partition coefficient (Wildman–Crippen LogP) is 1.25. The van der Waals surface area contributed by atoms with Crippen LogP contribution in [0.4, 0.5) is 0 Å². The van der Waals surface area contributed by atoms with Crippen molar-refractivity contribution in [3.8, 4) is 0 Å². The number of hydrogen-bond donors (Lipinski definition) is 2. The molecule has 0 spiro atoms. The molecule has 0 aromatic carbocycles. The van der Waals surface area contributed by atoms with E-state index in [1.54, 1.807) is 11.8 Å². The van der Waals surface area contributed by atoms with Gasteiger partial charge >= 0.3 is 14.2 Å². The molecule has 3 N–H and O–H groups in total. The summed E-state index contributed by atoms with van der Waals surface area (Å²) in [5, 5.41) is 8.53. The lowest BCUT2D eigenvalue weighted by atomic mass is 10.0. The Labute approximate surface area is 102 Å². The molecule has 0 aliphatic rings. The topological polar surface area (TPSA) is 97.5 Å². The van der Waals surface area contributed by atoms with Crippen molar-refractivity contribution in [3.63, 3.8) is 0 Å². The van der Waals surface area contributed by atoms with Crippen molar-refractivity contribution in [1.82, 2.24) is 0 Å². The fourth-order valence-corrected chi connectivity index (χ4v) is 1.05. The van der Waals surface area contributed by atoms with Crippen molar-refractivity contribution < 1.29 is 18.3 Å². The minimum atomic E-state index is -3.72. The number of rotatable bonds is 4. The third-order valence-electron chi connectivity index (χ3n) is 1.31. The highest BCUT2D eigenvalue weighted by molar-refractivity contribution is 8.31. The third-order valence-corrected chi connectivity index (χ3v) is 1.93. The van der Waals surface area contributed by atoms with Crippen LogP contribution in [0.25, 0.3) is 0 Å². The quantitative estimate of drug-likeness (QED) is 0.758. The molecule has 0 saturated carbocycles. The molecule has 1 atom stereocenters. The first-order valence-electron chi connectivity index (χ1n) is 3.66. The number of carboxylic acids is 1. The second-order valence-corrected chi connectivity index (χ2v) is 7.50. The number of thioether (sulfide) groups is 1. The van der Waals surface area contributed by atoms with Crippen LogP contribution in [-0.4, -0.2) is 37.0 Å². The van der Waals surface area contributed by atoms with Gasteiger partial charge in [0.15, 0.2) is 0 Å². The van der Waals surface area contributed by atoms with E-state index in [4.69, 9.17) is 19.3 Å². The first-order chi connectivity index (χ1) is 6.50. The van der Waals surface area contributed by atoms with Gasteiger partial charge in [0.1, 0.15) is 5.54 Å². The van der Waals surface area contributed by atoms with Gasteiger partial charge in [-0.2, -0.15) is 20.2 Å². The SMILES string of the molecule is CSCCC(C)(N)C(=O)O.O=S(=O)(Cl)Cl. The fraction of sp³-hybridized carbons (Fsp3) is 0.833. The van der Waals surface area contributed by atoms with Crippen LogP contribution in [0, 0.1) is 0 Å². The van der Waals surface area contributed by atoms with Crippen LogP contribution in [0.2, 0.25) is 0 Å². The van der Waals surface area contributed by atoms with E-state index in [2.05, 4.69) is 21.4 Å². The molecule has 92 valence electrons. The fourth-order valence-electron chi connectivity index (χ4n) is 0.421. The van der Waals surface area contributed by atoms with E-state index in [0.29, 0.717) is 6.42 Å². The van der Waals surface area contributed by atoms with Gasteiger partial charge in [0.05, 0.1) is 0 Å². The first kappa shape index (κ1) is 17.7. The predicted molar refractivity (Wildman–Crippen MR) is 63.9 cm³/mol. The standard InChI is InChI=1S/C6H13NO2S.Cl2O2S/c1-6(7,5(8)9)3-4-10-2;1-5(2,3)4/h3-4,7H2,1-2H3,(H,8,9);. The lowest BCUT2D eigenvalue weighted by Gasteiger charge is -2.17. The van der Waals surface area contributed by atoms with E-state index in [1.165, 1.54) is 6.92 Å². The molecule has 0 bridgehead atoms. The average molecular weight is 298 g/mol. The molecular formula is C6H13Cl2NO4S2. The van der Waals surface area contributed by atoms with Gasteiger partial charge in [0.25, 0.3) is 0 Å². The summed E-state index contributed by atoms with van der Waals surface area (Å²) in [6.07, 6.45) is 2.45. The van der Waals surface area contributed by atoms with Crippen molar-refractivity contribution in [1.29, 1.82) is 0 Å². The summed E-state index contributed by atoms with van der Waals surface area (Å²) in [5.41, 5.74) is 4.38. The molecule has 5 nitrogen and oxygen atoms in total. The summed E-state index contributed by atoms with van der Waals surface area (Å²) in [6.45, 7) is 1.53. The number of nitrogens with two attached hydrogens (primary N) is 1. The zero-order valence-corrected chi connectivity index (χ0v) is 11.4. The number of hydrogen-bond acceptors (Lipinski definition) is 5. The second kappa shape index (κ2) is 7.56. The van der Waals surface area contributed by atoms with Gasteiger partial charge in [-0.3, -0.25) is 4.79 Å². The maximum absolute atomic E-state index is 10.4. The van der Waals surface area contributed by atoms with Gasteiger partial charge in [0.2, 0.25) is 0 Å². The van der Waals surface area contributed by atoms with Gasteiger partial charge in [-0.05, 0) is 25.4 Å². The summed E-state index contributed by atoms with van der Waals surface area (Å²) in [7, 11) is 4.81. The molecule has 1 unspecified atom stereocenters. The molecule has 0 radical (unpaired) electrons. The molecule has 0 rings (SSSR count). The molecule has 0 fully saturated rings. The summed E-state index contributed by atoms with van der Waals surface area (Å²) in [4.78, 5) is 10.4. The largest absolute Gasteiger partial charge is 0.480 e. The molecule has 0 aliphatic carbocycles. The molecule has 0 saturated heterocycles. The molecule has 15 heavy (non-hydrogen) atoms. The van der Waals surface area contributed by atoms with Crippen molar-refractivity contribution in [2.24, 2.45) is 5.73 Å². The second-order valence-electron chi connectivity index (χ2n) is 2.84. The Balaban J connectivity index is 0. The highest BCUT2D eigenvalue weighted by Gasteiger charge is 2.26. The van der Waals surface area contributed by atoms with E-state index < -0.39 is 19.8 Å². The van der Waals surface area contributed by atoms with Crippen molar-refractivity contribution in [3.05, 3.63) is 0 Å². The maximum Gasteiger partial charge on any atom is 0.323 e. The van der Waals surface area contributed by atoms with E-state index in [1.807, 2.05) is 6.26 Å². The Morgan fingerprint density at radius 3 is 2.07 bits per heavy atom. The van der Waals surface area contributed by atoms with Crippen LogP contribution in [0.1, 0.15) is 13.3 Å². The Kier molecular flexibility index (Phi) is 8.92. The molecule has 0 amide bonds. The molecule has 0 heterocycles. The smallest absolute Gasteiger partial charge is 0.323 e. The number of carboxylic acid groups (broad SMARTS) is 1. The maximum atomic E-state index is 10.4. The number of halogens is 2. The van der Waals surface area contributed by atoms with Gasteiger partial charge in [-0.1, -0.05) is 0 Å². The van der Waals surface area contributed by atoms with Crippen LogP contribution in [0.5, 0.6) is 0 Å². The number of carbonyl (C=O) groups is 1. The van der Waals surface area contributed by atoms with Crippen LogP contribution < -0.4 is 5.73 Å². The molecule has 9 heteroatoms. The van der Waals surface area contributed by atoms with Gasteiger partial charge < -0.3 is 10.8 Å². The number of aliphatic carboxylic acids is 1. The summed E-state index contributed by atoms with van der Waals surface area (Å²) < 4.78 is 18.3. The van der Waals surface area contributed by atoms with Crippen LogP contribution in [-0.2, 0) is 13.1 Å². The van der Waals surface area contributed by atoms with Gasteiger partial charge in [-0.25, -0.2) is 0 Å². The highest BCUT2D eigenvalue weighted by Crippen LogP contribution is 2.09. The zero-order chi connectivity index (χ0) is 12.7. The summed E-state index contributed by atoms with van der Waals surface area (Å²) >= 11 is 1.60. The first-order valence-corrected chi connectivity index (χ1v) is 8.19. The van der Waals surface area contributed by atoms with Crippen LogP contribution in [0.15, 0.2) is 0 Å². The summed E-state index contributed by atoms with van der Waals surface area (Å²) in [6, 6.07) is 0. The Morgan fingerprint density at radius 1 is 1.53 bits per heavy atom. The van der Waals surface area contributed by atoms with E-state index >= 15 is 0 Å². The van der Waals surface area contributed by atoms with Gasteiger partial charge in [-0.15, -0.1) is 0 Å². The van der Waals surface area contributed by atoms with Crippen LogP contribution in [0.3, 0.4) is 0 Å². The molecule has 0 aromatic heterocycles. The molecule has 0 aromatic rings. The minimum absolute atomic E-state index is 0.517. The Morgan fingerprint density at radius 2 is 1.87 bits per heavy atom.